The van der Waals surface area contributed by atoms with Crippen molar-refractivity contribution in [3.8, 4) is 0 Å². The van der Waals surface area contributed by atoms with E-state index in [1.807, 2.05) is 27.7 Å². The Bertz CT molecular complexity index is 105. The molecular formula is C7H15NS. The Morgan fingerprint density at radius 2 is 1.67 bits per heavy atom. The Morgan fingerprint density at radius 1 is 1.33 bits per heavy atom. The predicted octanol–water partition coefficient (Wildman–Crippen LogP) is 2.89. The van der Waals surface area contributed by atoms with E-state index in [0.29, 0.717) is 0 Å². The van der Waals surface area contributed by atoms with Crippen LogP contribution in [0.15, 0.2) is 16.5 Å². The standard InChI is InChI=1S/C5H9NS.C2H6/c1-4(2)5(3)6-7;1-2/h7H,1H2,2-3H3;1-2H3/b6-5-;. The van der Waals surface area contributed by atoms with Crippen molar-refractivity contribution in [1.29, 1.82) is 0 Å². The molecule has 0 saturated carbocycles. The van der Waals surface area contributed by atoms with Gasteiger partial charge < -0.3 is 0 Å². The predicted molar refractivity (Wildman–Crippen MR) is 48.3 cm³/mol. The molecule has 0 radical (unpaired) electrons. The first-order valence-corrected chi connectivity index (χ1v) is 3.43. The average Bonchev–Trinajstić information content (AvgIpc) is 1.91. The third-order valence-electron chi connectivity index (χ3n) is 0.768. The zero-order chi connectivity index (χ0) is 7.86. The van der Waals surface area contributed by atoms with Gasteiger partial charge in [0.25, 0.3) is 0 Å². The van der Waals surface area contributed by atoms with Gasteiger partial charge in [-0.25, -0.2) is 4.40 Å². The van der Waals surface area contributed by atoms with Crippen LogP contribution in [0.4, 0.5) is 0 Å². The molecule has 2 heteroatoms. The second kappa shape index (κ2) is 7.76. The van der Waals surface area contributed by atoms with Crippen LogP contribution in [0.1, 0.15) is 27.7 Å². The molecule has 0 aliphatic carbocycles. The van der Waals surface area contributed by atoms with E-state index in [9.17, 15) is 0 Å². The maximum atomic E-state index is 3.68. The fourth-order valence-corrected chi connectivity index (χ4v) is 0.256. The molecule has 0 saturated heterocycles. The van der Waals surface area contributed by atoms with Crippen molar-refractivity contribution in [2.45, 2.75) is 27.7 Å². The van der Waals surface area contributed by atoms with Crippen LogP contribution in [0.5, 0.6) is 0 Å². The Labute approximate surface area is 63.4 Å². The molecule has 0 aliphatic heterocycles. The van der Waals surface area contributed by atoms with Gasteiger partial charge in [0.05, 0.1) is 0 Å². The Morgan fingerprint density at radius 3 is 1.67 bits per heavy atom. The lowest BCUT2D eigenvalue weighted by molar-refractivity contribution is 1.50. The third-order valence-corrected chi connectivity index (χ3v) is 1.07. The van der Waals surface area contributed by atoms with Crippen LogP contribution in [0.25, 0.3) is 0 Å². The summed E-state index contributed by atoms with van der Waals surface area (Å²) >= 11 is 3.68. The van der Waals surface area contributed by atoms with Crippen LogP contribution in [-0.4, -0.2) is 5.71 Å². The summed E-state index contributed by atoms with van der Waals surface area (Å²) in [6.45, 7) is 11.4. The summed E-state index contributed by atoms with van der Waals surface area (Å²) in [6, 6.07) is 0. The number of nitrogens with zero attached hydrogens (tertiary/aromatic N) is 1. The summed E-state index contributed by atoms with van der Waals surface area (Å²) in [6.07, 6.45) is 0. The zero-order valence-corrected chi connectivity index (χ0v) is 7.50. The summed E-state index contributed by atoms with van der Waals surface area (Å²) in [5.74, 6) is 0. The van der Waals surface area contributed by atoms with Gasteiger partial charge >= 0.3 is 0 Å². The van der Waals surface area contributed by atoms with Crippen molar-refractivity contribution in [3.05, 3.63) is 12.2 Å². The lowest BCUT2D eigenvalue weighted by Gasteiger charge is -1.89. The molecule has 0 heterocycles. The summed E-state index contributed by atoms with van der Waals surface area (Å²) in [7, 11) is 0. The highest BCUT2D eigenvalue weighted by Gasteiger charge is 1.84. The van der Waals surface area contributed by atoms with Crippen molar-refractivity contribution in [3.63, 3.8) is 0 Å². The van der Waals surface area contributed by atoms with Crippen LogP contribution >= 0.6 is 12.8 Å². The minimum atomic E-state index is 0.892. The molecule has 0 rings (SSSR count). The number of allylic oxidation sites excluding steroid dienone is 1. The van der Waals surface area contributed by atoms with Crippen LogP contribution in [0, 0.1) is 0 Å². The van der Waals surface area contributed by atoms with Crippen LogP contribution in [-0.2, 0) is 0 Å². The summed E-state index contributed by atoms with van der Waals surface area (Å²) in [4.78, 5) is 0. The van der Waals surface area contributed by atoms with Gasteiger partial charge in [-0.2, -0.15) is 0 Å². The molecule has 0 bridgehead atoms. The Hall–Kier alpha value is -0.240. The molecule has 54 valence electrons. The van der Waals surface area contributed by atoms with E-state index in [0.717, 1.165) is 11.3 Å². The first kappa shape index (κ1) is 11.5. The van der Waals surface area contributed by atoms with E-state index in [4.69, 9.17) is 0 Å². The molecule has 0 aromatic rings. The SMILES string of the molecule is C=C(C)/C(C)=N\S.CC. The fraction of sp³-hybridized carbons (Fsp3) is 0.571. The lowest BCUT2D eigenvalue weighted by atomic mass is 10.2. The second-order valence-corrected chi connectivity index (χ2v) is 1.67. The molecule has 0 amide bonds. The minimum Gasteiger partial charge on any atom is -0.225 e. The molecule has 0 N–H and O–H groups in total. The zero-order valence-electron chi connectivity index (χ0n) is 6.60. The smallest absolute Gasteiger partial charge is 0.0476 e. The van der Waals surface area contributed by atoms with Gasteiger partial charge in [0.15, 0.2) is 0 Å². The Kier molecular flexibility index (Phi) is 9.95. The van der Waals surface area contributed by atoms with E-state index < -0.39 is 0 Å². The molecule has 9 heavy (non-hydrogen) atoms. The molecule has 0 aliphatic rings. The molecule has 0 aromatic carbocycles. The minimum absolute atomic E-state index is 0.892. The van der Waals surface area contributed by atoms with Gasteiger partial charge in [-0.15, -0.1) is 0 Å². The van der Waals surface area contributed by atoms with Crippen LogP contribution in [0.3, 0.4) is 0 Å². The van der Waals surface area contributed by atoms with Crippen LogP contribution in [0.2, 0.25) is 0 Å². The normalized spacial score (nSPS) is 9.67. The van der Waals surface area contributed by atoms with E-state index in [1.54, 1.807) is 0 Å². The van der Waals surface area contributed by atoms with E-state index >= 15 is 0 Å². The third kappa shape index (κ3) is 7.76. The van der Waals surface area contributed by atoms with Crippen molar-refractivity contribution >= 4 is 18.5 Å². The molecular weight excluding hydrogens is 130 g/mol. The highest BCUT2D eigenvalue weighted by atomic mass is 32.1. The Balaban J connectivity index is 0. The number of rotatable bonds is 1. The molecule has 1 nitrogen and oxygen atoms in total. The second-order valence-electron chi connectivity index (χ2n) is 1.47. The first-order chi connectivity index (χ1) is 4.18. The molecule has 0 aromatic heterocycles. The monoisotopic (exact) mass is 145 g/mol. The highest BCUT2D eigenvalue weighted by Crippen LogP contribution is 1.92. The van der Waals surface area contributed by atoms with Gasteiger partial charge in [0, 0.05) is 5.71 Å². The van der Waals surface area contributed by atoms with E-state index in [2.05, 4.69) is 23.8 Å². The van der Waals surface area contributed by atoms with E-state index in [-0.39, 0.29) is 0 Å². The molecule has 0 unspecified atom stereocenters. The van der Waals surface area contributed by atoms with Gasteiger partial charge in [-0.1, -0.05) is 20.4 Å². The van der Waals surface area contributed by atoms with Gasteiger partial charge in [-0.05, 0) is 32.2 Å². The molecule has 0 atom stereocenters. The van der Waals surface area contributed by atoms with Gasteiger partial charge in [-0.3, -0.25) is 0 Å². The lowest BCUT2D eigenvalue weighted by Crippen LogP contribution is -1.86. The summed E-state index contributed by atoms with van der Waals surface area (Å²) in [5.41, 5.74) is 1.86. The topological polar surface area (TPSA) is 12.4 Å². The summed E-state index contributed by atoms with van der Waals surface area (Å²) < 4.78 is 3.60. The summed E-state index contributed by atoms with van der Waals surface area (Å²) in [5, 5.41) is 0. The molecule has 0 fully saturated rings. The van der Waals surface area contributed by atoms with Crippen molar-refractivity contribution in [1.82, 2.24) is 0 Å². The van der Waals surface area contributed by atoms with Gasteiger partial charge in [0.2, 0.25) is 0 Å². The number of thiol groups is 1. The van der Waals surface area contributed by atoms with Crippen molar-refractivity contribution in [2.75, 3.05) is 0 Å². The first-order valence-electron chi connectivity index (χ1n) is 3.03. The van der Waals surface area contributed by atoms with Crippen molar-refractivity contribution < 1.29 is 0 Å². The highest BCUT2D eigenvalue weighted by molar-refractivity contribution is 7.79. The fourth-order valence-electron chi connectivity index (χ4n) is 0.0854. The quantitative estimate of drug-likeness (QED) is 0.430. The largest absolute Gasteiger partial charge is 0.225 e. The molecule has 0 spiro atoms. The average molecular weight is 145 g/mol. The maximum absolute atomic E-state index is 3.68. The maximum Gasteiger partial charge on any atom is 0.0476 e. The number of hydrogen-bond donors (Lipinski definition) is 1. The van der Waals surface area contributed by atoms with Crippen molar-refractivity contribution in [2.24, 2.45) is 4.40 Å². The number of hydrogen-bond acceptors (Lipinski definition) is 2. The van der Waals surface area contributed by atoms with Gasteiger partial charge in [0.1, 0.15) is 0 Å². The van der Waals surface area contributed by atoms with Crippen LogP contribution < -0.4 is 0 Å². The van der Waals surface area contributed by atoms with E-state index in [1.165, 1.54) is 0 Å².